The Labute approximate surface area is 102 Å². The first-order valence-electron chi connectivity index (χ1n) is 5.21. The van der Waals surface area contributed by atoms with Crippen molar-refractivity contribution in [3.05, 3.63) is 29.3 Å². The fourth-order valence-corrected chi connectivity index (χ4v) is 1.75. The zero-order valence-electron chi connectivity index (χ0n) is 9.90. The molecule has 1 aromatic carbocycles. The maximum Gasteiger partial charge on any atom is 0.104 e. The number of anilines is 1. The van der Waals surface area contributed by atoms with Gasteiger partial charge in [-0.15, -0.1) is 0 Å². The van der Waals surface area contributed by atoms with Crippen LogP contribution in [0.1, 0.15) is 18.1 Å². The van der Waals surface area contributed by atoms with E-state index in [-0.39, 0.29) is 12.6 Å². The predicted octanol–water partition coefficient (Wildman–Crippen LogP) is 1.45. The van der Waals surface area contributed by atoms with Crippen molar-refractivity contribution in [1.29, 1.82) is 0 Å². The molecular weight excluding hydrogens is 220 g/mol. The molecule has 1 rings (SSSR count). The number of aryl methyl sites for hydroxylation is 1. The van der Waals surface area contributed by atoms with Gasteiger partial charge in [0, 0.05) is 24.3 Å². The number of likely N-dealkylation sites (N-methyl/N-ethyl adjacent to an activating group) is 1. The maximum atomic E-state index is 9.10. The molecule has 0 saturated heterocycles. The Kier molecular flexibility index (Phi) is 4.26. The number of thiocarbonyl (C=S) groups is 1. The zero-order valence-corrected chi connectivity index (χ0v) is 10.7. The largest absolute Gasteiger partial charge is 0.394 e. The molecule has 0 aliphatic rings. The summed E-state index contributed by atoms with van der Waals surface area (Å²) in [4.78, 5) is 2.44. The Hall–Kier alpha value is -1.13. The summed E-state index contributed by atoms with van der Waals surface area (Å²) in [5.41, 5.74) is 8.62. The highest BCUT2D eigenvalue weighted by Gasteiger charge is 2.10. The molecule has 88 valence electrons. The van der Waals surface area contributed by atoms with Crippen LogP contribution in [0.25, 0.3) is 0 Å². The number of rotatable bonds is 4. The van der Waals surface area contributed by atoms with Crippen LogP contribution in [-0.4, -0.2) is 29.8 Å². The lowest BCUT2D eigenvalue weighted by molar-refractivity contribution is 0.270. The second-order valence-corrected chi connectivity index (χ2v) is 4.45. The van der Waals surface area contributed by atoms with E-state index in [9.17, 15) is 0 Å². The molecule has 0 amide bonds. The van der Waals surface area contributed by atoms with Crippen LogP contribution in [0, 0.1) is 6.92 Å². The minimum Gasteiger partial charge on any atom is -0.394 e. The number of hydrogen-bond donors (Lipinski definition) is 2. The number of benzene rings is 1. The van der Waals surface area contributed by atoms with Crippen molar-refractivity contribution in [1.82, 2.24) is 0 Å². The van der Waals surface area contributed by atoms with Crippen LogP contribution in [0.15, 0.2) is 18.2 Å². The molecule has 0 aliphatic heterocycles. The highest BCUT2D eigenvalue weighted by molar-refractivity contribution is 7.80. The SMILES string of the molecule is Cc1cc(N(C)C(C)CO)ccc1C(N)=S. The van der Waals surface area contributed by atoms with Crippen LogP contribution in [0.4, 0.5) is 5.69 Å². The average Bonchev–Trinajstić information content (AvgIpc) is 2.26. The van der Waals surface area contributed by atoms with Gasteiger partial charge in [-0.05, 0) is 37.6 Å². The van der Waals surface area contributed by atoms with Gasteiger partial charge in [0.1, 0.15) is 4.99 Å². The van der Waals surface area contributed by atoms with Crippen molar-refractivity contribution in [3.8, 4) is 0 Å². The van der Waals surface area contributed by atoms with Gasteiger partial charge in [-0.25, -0.2) is 0 Å². The van der Waals surface area contributed by atoms with Gasteiger partial charge in [0.25, 0.3) is 0 Å². The monoisotopic (exact) mass is 238 g/mol. The first-order chi connectivity index (χ1) is 7.47. The molecule has 0 aliphatic carbocycles. The van der Waals surface area contributed by atoms with Crippen molar-refractivity contribution >= 4 is 22.9 Å². The van der Waals surface area contributed by atoms with Gasteiger partial charge < -0.3 is 15.7 Å². The summed E-state index contributed by atoms with van der Waals surface area (Å²) in [6.45, 7) is 4.08. The highest BCUT2D eigenvalue weighted by Crippen LogP contribution is 2.19. The van der Waals surface area contributed by atoms with E-state index in [1.165, 1.54) is 0 Å². The number of nitrogens with zero attached hydrogens (tertiary/aromatic N) is 1. The molecule has 0 radical (unpaired) electrons. The van der Waals surface area contributed by atoms with Gasteiger partial charge >= 0.3 is 0 Å². The standard InChI is InChI=1S/C12H18N2OS/c1-8-6-10(14(3)9(2)7-15)4-5-11(8)12(13)16/h4-6,9,15H,7H2,1-3H3,(H2,13,16). The Morgan fingerprint density at radius 3 is 2.62 bits per heavy atom. The first-order valence-corrected chi connectivity index (χ1v) is 5.62. The summed E-state index contributed by atoms with van der Waals surface area (Å²) in [5.74, 6) is 0. The molecule has 1 unspecified atom stereocenters. The molecule has 0 saturated carbocycles. The van der Waals surface area contributed by atoms with Gasteiger partial charge in [0.05, 0.1) is 6.61 Å². The molecule has 0 fully saturated rings. The quantitative estimate of drug-likeness (QED) is 0.780. The summed E-state index contributed by atoms with van der Waals surface area (Å²) in [6.07, 6.45) is 0. The minimum atomic E-state index is 0.0927. The van der Waals surface area contributed by atoms with E-state index in [2.05, 4.69) is 0 Å². The number of aliphatic hydroxyl groups excluding tert-OH is 1. The lowest BCUT2D eigenvalue weighted by Gasteiger charge is -2.26. The second-order valence-electron chi connectivity index (χ2n) is 4.01. The third-order valence-corrected chi connectivity index (χ3v) is 3.03. The van der Waals surface area contributed by atoms with Crippen LogP contribution < -0.4 is 10.6 Å². The number of hydrogen-bond acceptors (Lipinski definition) is 3. The fraction of sp³-hybridized carbons (Fsp3) is 0.417. The number of aliphatic hydroxyl groups is 1. The van der Waals surface area contributed by atoms with E-state index in [4.69, 9.17) is 23.1 Å². The highest BCUT2D eigenvalue weighted by atomic mass is 32.1. The molecule has 3 nitrogen and oxygen atoms in total. The predicted molar refractivity (Wildman–Crippen MR) is 72.0 cm³/mol. The third kappa shape index (κ3) is 2.71. The molecular formula is C12H18N2OS. The number of nitrogens with two attached hydrogens (primary N) is 1. The first kappa shape index (κ1) is 12.9. The summed E-state index contributed by atoms with van der Waals surface area (Å²) >= 11 is 4.96. The maximum absolute atomic E-state index is 9.10. The van der Waals surface area contributed by atoms with E-state index < -0.39 is 0 Å². The smallest absolute Gasteiger partial charge is 0.104 e. The molecule has 1 atom stereocenters. The topological polar surface area (TPSA) is 49.5 Å². The van der Waals surface area contributed by atoms with Gasteiger partial charge in [-0.1, -0.05) is 12.2 Å². The van der Waals surface area contributed by atoms with E-state index in [1.54, 1.807) is 0 Å². The lowest BCUT2D eigenvalue weighted by Crippen LogP contribution is -2.31. The van der Waals surface area contributed by atoms with Crippen LogP contribution in [0.2, 0.25) is 0 Å². The Bertz CT molecular complexity index is 393. The van der Waals surface area contributed by atoms with Crippen LogP contribution in [0.5, 0.6) is 0 Å². The van der Waals surface area contributed by atoms with E-state index in [1.807, 2.05) is 44.0 Å². The normalized spacial score (nSPS) is 12.2. The van der Waals surface area contributed by atoms with Crippen molar-refractivity contribution in [2.75, 3.05) is 18.6 Å². The van der Waals surface area contributed by atoms with Gasteiger partial charge in [0.15, 0.2) is 0 Å². The lowest BCUT2D eigenvalue weighted by atomic mass is 10.1. The van der Waals surface area contributed by atoms with Gasteiger partial charge in [-0.2, -0.15) is 0 Å². The van der Waals surface area contributed by atoms with E-state index in [0.717, 1.165) is 16.8 Å². The Balaban J connectivity index is 3.01. The second kappa shape index (κ2) is 5.27. The van der Waals surface area contributed by atoms with Crippen LogP contribution >= 0.6 is 12.2 Å². The molecule has 0 spiro atoms. The van der Waals surface area contributed by atoms with Crippen molar-refractivity contribution in [2.45, 2.75) is 19.9 Å². The van der Waals surface area contributed by atoms with Crippen molar-refractivity contribution in [3.63, 3.8) is 0 Å². The molecule has 16 heavy (non-hydrogen) atoms. The molecule has 0 aromatic heterocycles. The molecule has 4 heteroatoms. The van der Waals surface area contributed by atoms with Crippen molar-refractivity contribution in [2.24, 2.45) is 5.73 Å². The Morgan fingerprint density at radius 2 is 2.19 bits per heavy atom. The Morgan fingerprint density at radius 1 is 1.56 bits per heavy atom. The summed E-state index contributed by atoms with van der Waals surface area (Å²) in [6, 6.07) is 6.01. The van der Waals surface area contributed by atoms with E-state index >= 15 is 0 Å². The fourth-order valence-electron chi connectivity index (χ4n) is 1.52. The minimum absolute atomic E-state index is 0.0927. The van der Waals surface area contributed by atoms with Gasteiger partial charge in [0.2, 0.25) is 0 Å². The molecule has 0 bridgehead atoms. The van der Waals surface area contributed by atoms with Crippen LogP contribution in [-0.2, 0) is 0 Å². The molecule has 1 aromatic rings. The third-order valence-electron chi connectivity index (χ3n) is 2.81. The van der Waals surface area contributed by atoms with Gasteiger partial charge in [-0.3, -0.25) is 0 Å². The summed E-state index contributed by atoms with van der Waals surface area (Å²) in [5, 5.41) is 9.10. The molecule has 0 heterocycles. The van der Waals surface area contributed by atoms with Crippen molar-refractivity contribution < 1.29 is 5.11 Å². The van der Waals surface area contributed by atoms with Crippen LogP contribution in [0.3, 0.4) is 0 Å². The zero-order chi connectivity index (χ0) is 12.3. The molecule has 3 N–H and O–H groups in total. The average molecular weight is 238 g/mol. The summed E-state index contributed by atoms with van der Waals surface area (Å²) in [7, 11) is 1.95. The summed E-state index contributed by atoms with van der Waals surface area (Å²) < 4.78 is 0. The van der Waals surface area contributed by atoms with E-state index in [0.29, 0.717) is 4.99 Å².